The van der Waals surface area contributed by atoms with E-state index in [1.807, 2.05) is 27.7 Å². The zero-order valence-corrected chi connectivity index (χ0v) is 13.1. The van der Waals surface area contributed by atoms with Crippen LogP contribution >= 0.6 is 0 Å². The number of benzene rings is 2. The van der Waals surface area contributed by atoms with E-state index in [2.05, 4.69) is 61.5 Å². The van der Waals surface area contributed by atoms with Gasteiger partial charge in [0.05, 0.1) is 0 Å². The van der Waals surface area contributed by atoms with Crippen LogP contribution < -0.4 is 0 Å². The number of rotatable bonds is 3. The molecule has 0 fully saturated rings. The fourth-order valence-electron chi connectivity index (χ4n) is 1.72. The average molecular weight is 256 g/mol. The Morgan fingerprint density at radius 1 is 0.579 bits per heavy atom. The smallest absolute Gasteiger partial charge is 0.00258 e. The lowest BCUT2D eigenvalue weighted by atomic mass is 10.0. The molecule has 0 saturated carbocycles. The summed E-state index contributed by atoms with van der Waals surface area (Å²) in [6, 6.07) is 19.5. The van der Waals surface area contributed by atoms with Gasteiger partial charge in [-0.25, -0.2) is 0 Å². The van der Waals surface area contributed by atoms with E-state index in [-0.39, 0.29) is 0 Å². The van der Waals surface area contributed by atoms with Gasteiger partial charge in [0.1, 0.15) is 0 Å². The normalized spacial score (nSPS) is 8.68. The van der Waals surface area contributed by atoms with Gasteiger partial charge in [-0.05, 0) is 29.5 Å². The predicted molar refractivity (Wildman–Crippen MR) is 87.8 cm³/mol. The van der Waals surface area contributed by atoms with Crippen molar-refractivity contribution in [2.45, 2.75) is 47.5 Å². The van der Waals surface area contributed by atoms with Gasteiger partial charge in [-0.3, -0.25) is 0 Å². The molecule has 0 aliphatic heterocycles. The quantitative estimate of drug-likeness (QED) is 0.642. The first kappa shape index (κ1) is 17.4. The first-order valence-electron chi connectivity index (χ1n) is 7.50. The number of hydrogen-bond donors (Lipinski definition) is 0. The third kappa shape index (κ3) is 6.81. The molecule has 0 aromatic heterocycles. The van der Waals surface area contributed by atoms with Crippen LogP contribution in [0.25, 0.3) is 0 Å². The summed E-state index contributed by atoms with van der Waals surface area (Å²) in [4.78, 5) is 0. The van der Waals surface area contributed by atoms with Crippen LogP contribution in [-0.4, -0.2) is 0 Å². The van der Waals surface area contributed by atoms with Crippen LogP contribution in [0.2, 0.25) is 0 Å². The van der Waals surface area contributed by atoms with Crippen LogP contribution in [0.15, 0.2) is 54.6 Å². The van der Waals surface area contributed by atoms with E-state index in [0.717, 1.165) is 12.8 Å². The maximum absolute atomic E-state index is 2.23. The van der Waals surface area contributed by atoms with Crippen molar-refractivity contribution >= 4 is 0 Å². The fourth-order valence-corrected chi connectivity index (χ4v) is 1.72. The van der Waals surface area contributed by atoms with Crippen molar-refractivity contribution in [2.24, 2.45) is 0 Å². The van der Waals surface area contributed by atoms with Crippen molar-refractivity contribution in [3.8, 4) is 0 Å². The van der Waals surface area contributed by atoms with E-state index in [9.17, 15) is 0 Å². The standard InChI is InChI=1S/C15H16.2C2H6/c1-2-13-8-10-15(11-9-13)12-14-6-4-3-5-7-14;2*1-2/h3-11H,2,12H2,1H3;2*1-2H3. The van der Waals surface area contributed by atoms with Crippen LogP contribution in [0.5, 0.6) is 0 Å². The molecule has 0 N–H and O–H groups in total. The maximum atomic E-state index is 2.23. The van der Waals surface area contributed by atoms with Gasteiger partial charge < -0.3 is 0 Å². The van der Waals surface area contributed by atoms with E-state index in [1.165, 1.54) is 16.7 Å². The molecule has 0 radical (unpaired) electrons. The highest BCUT2D eigenvalue weighted by molar-refractivity contribution is 5.28. The van der Waals surface area contributed by atoms with Gasteiger partial charge in [-0.2, -0.15) is 0 Å². The molecule has 2 rings (SSSR count). The average Bonchev–Trinajstić information content (AvgIpc) is 2.53. The van der Waals surface area contributed by atoms with Crippen molar-refractivity contribution in [1.82, 2.24) is 0 Å². The molecule has 0 spiro atoms. The van der Waals surface area contributed by atoms with Crippen LogP contribution in [0.1, 0.15) is 51.3 Å². The van der Waals surface area contributed by atoms with Crippen molar-refractivity contribution in [3.05, 3.63) is 71.3 Å². The highest BCUT2D eigenvalue weighted by Gasteiger charge is 1.95. The third-order valence-corrected chi connectivity index (χ3v) is 2.68. The third-order valence-electron chi connectivity index (χ3n) is 2.68. The summed E-state index contributed by atoms with van der Waals surface area (Å²) in [6.07, 6.45) is 2.15. The number of aryl methyl sites for hydroxylation is 1. The van der Waals surface area contributed by atoms with Gasteiger partial charge in [0.2, 0.25) is 0 Å². The van der Waals surface area contributed by atoms with Crippen molar-refractivity contribution in [2.75, 3.05) is 0 Å². The molecule has 0 bridgehead atoms. The molecule has 0 saturated heterocycles. The van der Waals surface area contributed by atoms with Gasteiger partial charge in [0.15, 0.2) is 0 Å². The van der Waals surface area contributed by atoms with E-state index in [1.54, 1.807) is 0 Å². The molecule has 0 nitrogen and oxygen atoms in total. The largest absolute Gasteiger partial charge is 0.0683 e. The SMILES string of the molecule is CC.CC.CCc1ccc(Cc2ccccc2)cc1. The Balaban J connectivity index is 0.000000741. The molecule has 0 atom stereocenters. The van der Waals surface area contributed by atoms with Crippen LogP contribution in [-0.2, 0) is 12.8 Å². The maximum Gasteiger partial charge on any atom is -0.00258 e. The Morgan fingerprint density at radius 3 is 1.47 bits per heavy atom. The number of hydrogen-bond acceptors (Lipinski definition) is 0. The minimum atomic E-state index is 1.03. The van der Waals surface area contributed by atoms with E-state index < -0.39 is 0 Å². The van der Waals surface area contributed by atoms with Crippen LogP contribution in [0, 0.1) is 0 Å². The first-order valence-corrected chi connectivity index (χ1v) is 7.50. The van der Waals surface area contributed by atoms with E-state index in [4.69, 9.17) is 0 Å². The molecule has 19 heavy (non-hydrogen) atoms. The van der Waals surface area contributed by atoms with Gasteiger partial charge in [-0.1, -0.05) is 89.2 Å². The molecule has 2 aromatic rings. The first-order chi connectivity index (χ1) is 9.38. The summed E-state index contributed by atoms with van der Waals surface area (Å²) in [5.74, 6) is 0. The Bertz CT molecular complexity index is 398. The Kier molecular flexibility index (Phi) is 10.6. The monoisotopic (exact) mass is 256 g/mol. The molecular formula is C19H28. The van der Waals surface area contributed by atoms with E-state index >= 15 is 0 Å². The van der Waals surface area contributed by atoms with Crippen LogP contribution in [0.4, 0.5) is 0 Å². The molecule has 0 unspecified atom stereocenters. The van der Waals surface area contributed by atoms with E-state index in [0.29, 0.717) is 0 Å². The van der Waals surface area contributed by atoms with Crippen molar-refractivity contribution in [1.29, 1.82) is 0 Å². The molecular weight excluding hydrogens is 228 g/mol. The molecule has 0 amide bonds. The fraction of sp³-hybridized carbons (Fsp3) is 0.368. The zero-order valence-electron chi connectivity index (χ0n) is 13.1. The van der Waals surface area contributed by atoms with Gasteiger partial charge >= 0.3 is 0 Å². The summed E-state index contributed by atoms with van der Waals surface area (Å²) >= 11 is 0. The molecule has 104 valence electrons. The van der Waals surface area contributed by atoms with Crippen molar-refractivity contribution in [3.63, 3.8) is 0 Å². The molecule has 0 aliphatic rings. The molecule has 0 heterocycles. The molecule has 0 aliphatic carbocycles. The predicted octanol–water partition coefficient (Wildman–Crippen LogP) is 5.89. The highest BCUT2D eigenvalue weighted by atomic mass is 14.0. The Labute approximate surface area is 119 Å². The summed E-state index contributed by atoms with van der Waals surface area (Å²) in [5.41, 5.74) is 4.17. The van der Waals surface area contributed by atoms with Gasteiger partial charge in [0.25, 0.3) is 0 Å². The lowest BCUT2D eigenvalue weighted by Crippen LogP contribution is -1.88. The Morgan fingerprint density at radius 2 is 1.00 bits per heavy atom. The lowest BCUT2D eigenvalue weighted by molar-refractivity contribution is 1.12. The van der Waals surface area contributed by atoms with Crippen molar-refractivity contribution < 1.29 is 0 Å². The van der Waals surface area contributed by atoms with Crippen LogP contribution in [0.3, 0.4) is 0 Å². The summed E-state index contributed by atoms with van der Waals surface area (Å²) in [5, 5.41) is 0. The Hall–Kier alpha value is -1.56. The zero-order chi connectivity index (χ0) is 14.5. The highest BCUT2D eigenvalue weighted by Crippen LogP contribution is 2.10. The minimum absolute atomic E-state index is 1.03. The molecule has 2 aromatic carbocycles. The van der Waals surface area contributed by atoms with Gasteiger partial charge in [0, 0.05) is 0 Å². The minimum Gasteiger partial charge on any atom is -0.0683 e. The second-order valence-corrected chi connectivity index (χ2v) is 3.83. The summed E-state index contributed by atoms with van der Waals surface area (Å²) < 4.78 is 0. The topological polar surface area (TPSA) is 0 Å². The second-order valence-electron chi connectivity index (χ2n) is 3.83. The summed E-state index contributed by atoms with van der Waals surface area (Å²) in [7, 11) is 0. The summed E-state index contributed by atoms with van der Waals surface area (Å²) in [6.45, 7) is 10.2. The lowest BCUT2D eigenvalue weighted by Gasteiger charge is -2.02. The van der Waals surface area contributed by atoms with Gasteiger partial charge in [-0.15, -0.1) is 0 Å². The molecule has 0 heteroatoms. The second kappa shape index (κ2) is 11.5.